The van der Waals surface area contributed by atoms with E-state index in [0.717, 1.165) is 11.4 Å². The molecule has 2 heterocycles. The number of rotatable bonds is 4. The lowest BCUT2D eigenvalue weighted by Gasteiger charge is -2.20. The van der Waals surface area contributed by atoms with Gasteiger partial charge >= 0.3 is 0 Å². The molecule has 1 aromatic carbocycles. The Labute approximate surface area is 139 Å². The Hall–Kier alpha value is -2.53. The minimum Gasteiger partial charge on any atom is -0.351 e. The third kappa shape index (κ3) is 3.00. The second-order valence-electron chi connectivity index (χ2n) is 5.28. The summed E-state index contributed by atoms with van der Waals surface area (Å²) in [6.45, 7) is 4.28. The molecule has 2 amide bonds. The maximum Gasteiger partial charge on any atom is 0.256 e. The summed E-state index contributed by atoms with van der Waals surface area (Å²) in [5, 5.41) is 3.18. The Morgan fingerprint density at radius 3 is 3.00 bits per heavy atom. The maximum atomic E-state index is 12.8. The highest BCUT2D eigenvalue weighted by Crippen LogP contribution is 2.27. The number of nitrogens with one attached hydrogen (secondary N) is 1. The van der Waals surface area contributed by atoms with Crippen molar-refractivity contribution in [3.05, 3.63) is 65.5 Å². The van der Waals surface area contributed by atoms with Crippen LogP contribution in [-0.2, 0) is 11.3 Å². The summed E-state index contributed by atoms with van der Waals surface area (Å²) < 4.78 is 1.95. The van der Waals surface area contributed by atoms with Crippen molar-refractivity contribution in [1.29, 1.82) is 0 Å². The van der Waals surface area contributed by atoms with E-state index < -0.39 is 0 Å². The third-order valence-electron chi connectivity index (χ3n) is 3.70. The molecule has 0 bridgehead atoms. The molecule has 0 atom stereocenters. The fourth-order valence-corrected chi connectivity index (χ4v) is 2.82. The van der Waals surface area contributed by atoms with Crippen molar-refractivity contribution in [3.63, 3.8) is 0 Å². The molecule has 0 spiro atoms. The number of carbonyl (C=O) groups is 2. The predicted molar refractivity (Wildman–Crippen MR) is 88.7 cm³/mol. The molecular formula is C17H16ClN3O2. The summed E-state index contributed by atoms with van der Waals surface area (Å²) in [7, 11) is 0. The van der Waals surface area contributed by atoms with Gasteiger partial charge in [-0.15, -0.1) is 6.58 Å². The van der Waals surface area contributed by atoms with Crippen LogP contribution in [0.15, 0.2) is 49.2 Å². The van der Waals surface area contributed by atoms with E-state index in [1.807, 2.05) is 29.0 Å². The van der Waals surface area contributed by atoms with Gasteiger partial charge in [-0.1, -0.05) is 17.7 Å². The van der Waals surface area contributed by atoms with Crippen LogP contribution in [0.3, 0.4) is 0 Å². The average molecular weight is 330 g/mol. The summed E-state index contributed by atoms with van der Waals surface area (Å²) >= 11 is 6.05. The minimum atomic E-state index is -0.221. The molecule has 23 heavy (non-hydrogen) atoms. The number of benzene rings is 1. The quantitative estimate of drug-likeness (QED) is 0.876. The lowest BCUT2D eigenvalue weighted by atomic mass is 10.1. The lowest BCUT2D eigenvalue weighted by molar-refractivity contribution is -0.121. The van der Waals surface area contributed by atoms with Gasteiger partial charge in [0.05, 0.1) is 17.8 Å². The number of amides is 2. The Bertz CT molecular complexity index is 782. The van der Waals surface area contributed by atoms with E-state index in [1.165, 1.54) is 4.90 Å². The van der Waals surface area contributed by atoms with E-state index in [4.69, 9.17) is 11.6 Å². The summed E-state index contributed by atoms with van der Waals surface area (Å²) in [4.78, 5) is 26.3. The van der Waals surface area contributed by atoms with Gasteiger partial charge in [0.25, 0.3) is 5.91 Å². The summed E-state index contributed by atoms with van der Waals surface area (Å²) in [6, 6.07) is 9.07. The zero-order chi connectivity index (χ0) is 16.4. The Morgan fingerprint density at radius 2 is 2.22 bits per heavy atom. The fourth-order valence-electron chi connectivity index (χ4n) is 2.65. The van der Waals surface area contributed by atoms with Gasteiger partial charge in [-0.05, 0) is 30.3 Å². The summed E-state index contributed by atoms with van der Waals surface area (Å²) in [6.07, 6.45) is 3.50. The zero-order valence-electron chi connectivity index (χ0n) is 12.5. The Balaban J connectivity index is 1.97. The first-order valence-corrected chi connectivity index (χ1v) is 7.61. The van der Waals surface area contributed by atoms with Crippen molar-refractivity contribution in [2.45, 2.75) is 6.54 Å². The predicted octanol–water partition coefficient (Wildman–Crippen LogP) is 2.39. The fraction of sp³-hybridized carbons (Fsp3) is 0.176. The van der Waals surface area contributed by atoms with Gasteiger partial charge in [0.2, 0.25) is 5.91 Å². The molecule has 0 fully saturated rings. The number of aromatic nitrogens is 1. The van der Waals surface area contributed by atoms with Gasteiger partial charge in [0.1, 0.15) is 6.54 Å². The molecule has 2 aromatic rings. The van der Waals surface area contributed by atoms with Crippen LogP contribution in [0.4, 0.5) is 0 Å². The largest absolute Gasteiger partial charge is 0.351 e. The molecule has 5 nitrogen and oxygen atoms in total. The second kappa shape index (κ2) is 6.30. The van der Waals surface area contributed by atoms with Crippen LogP contribution in [0.5, 0.6) is 0 Å². The van der Waals surface area contributed by atoms with E-state index >= 15 is 0 Å². The normalized spacial score (nSPS) is 13.1. The van der Waals surface area contributed by atoms with E-state index in [9.17, 15) is 9.59 Å². The monoisotopic (exact) mass is 329 g/mol. The molecule has 0 aliphatic carbocycles. The van der Waals surface area contributed by atoms with Gasteiger partial charge in [-0.2, -0.15) is 0 Å². The van der Waals surface area contributed by atoms with Crippen molar-refractivity contribution >= 4 is 23.4 Å². The molecule has 6 heteroatoms. The number of hydrogen-bond donors (Lipinski definition) is 1. The van der Waals surface area contributed by atoms with Crippen molar-refractivity contribution in [2.75, 3.05) is 13.1 Å². The van der Waals surface area contributed by atoms with Crippen LogP contribution in [-0.4, -0.2) is 34.4 Å². The van der Waals surface area contributed by atoms with E-state index in [2.05, 4.69) is 11.9 Å². The Kier molecular flexibility index (Phi) is 4.21. The van der Waals surface area contributed by atoms with Gasteiger partial charge in [0, 0.05) is 23.5 Å². The smallest absolute Gasteiger partial charge is 0.256 e. The molecule has 0 saturated carbocycles. The van der Waals surface area contributed by atoms with Crippen molar-refractivity contribution in [1.82, 2.24) is 14.8 Å². The first kappa shape index (κ1) is 15.4. The third-order valence-corrected chi connectivity index (χ3v) is 3.93. The van der Waals surface area contributed by atoms with Crippen molar-refractivity contribution in [3.8, 4) is 5.69 Å². The first-order valence-electron chi connectivity index (χ1n) is 7.23. The van der Waals surface area contributed by atoms with Crippen LogP contribution in [0.25, 0.3) is 5.69 Å². The van der Waals surface area contributed by atoms with Crippen LogP contribution in [0.1, 0.15) is 16.1 Å². The topological polar surface area (TPSA) is 54.3 Å². The number of nitrogens with zero attached hydrogens (tertiary/aromatic N) is 2. The number of fused-ring (bicyclic) bond motifs is 3. The van der Waals surface area contributed by atoms with Crippen molar-refractivity contribution < 1.29 is 9.59 Å². The highest BCUT2D eigenvalue weighted by Gasteiger charge is 2.27. The highest BCUT2D eigenvalue weighted by molar-refractivity contribution is 6.31. The van der Waals surface area contributed by atoms with E-state index in [0.29, 0.717) is 23.7 Å². The summed E-state index contributed by atoms with van der Waals surface area (Å²) in [5.41, 5.74) is 2.20. The van der Waals surface area contributed by atoms with Gasteiger partial charge in [-0.25, -0.2) is 0 Å². The molecule has 0 unspecified atom stereocenters. The van der Waals surface area contributed by atoms with E-state index in [-0.39, 0.29) is 18.4 Å². The maximum absolute atomic E-state index is 12.8. The van der Waals surface area contributed by atoms with Crippen LogP contribution < -0.4 is 5.32 Å². The number of halogens is 1. The van der Waals surface area contributed by atoms with Gasteiger partial charge < -0.3 is 14.8 Å². The lowest BCUT2D eigenvalue weighted by Crippen LogP contribution is -2.40. The molecule has 1 N–H and O–H groups in total. The van der Waals surface area contributed by atoms with Crippen LogP contribution in [0.2, 0.25) is 5.02 Å². The van der Waals surface area contributed by atoms with Gasteiger partial charge in [-0.3, -0.25) is 9.59 Å². The SMILES string of the molecule is C=CCNC(=O)CN1Cc2cccn2-c2ccc(Cl)cc2C1=O. The molecule has 0 saturated heterocycles. The molecule has 0 radical (unpaired) electrons. The second-order valence-corrected chi connectivity index (χ2v) is 5.72. The molecule has 1 aliphatic rings. The molecule has 3 rings (SSSR count). The molecule has 118 valence electrons. The molecule has 1 aliphatic heterocycles. The van der Waals surface area contributed by atoms with Crippen molar-refractivity contribution in [2.24, 2.45) is 0 Å². The summed E-state index contributed by atoms with van der Waals surface area (Å²) in [5.74, 6) is -0.429. The van der Waals surface area contributed by atoms with Crippen LogP contribution >= 0.6 is 11.6 Å². The highest BCUT2D eigenvalue weighted by atomic mass is 35.5. The van der Waals surface area contributed by atoms with E-state index in [1.54, 1.807) is 18.2 Å². The average Bonchev–Trinajstić information content (AvgIpc) is 2.96. The van der Waals surface area contributed by atoms with Crippen LogP contribution in [0, 0.1) is 0 Å². The van der Waals surface area contributed by atoms with Gasteiger partial charge in [0.15, 0.2) is 0 Å². The Morgan fingerprint density at radius 1 is 1.39 bits per heavy atom. The number of carbonyl (C=O) groups excluding carboxylic acids is 2. The minimum absolute atomic E-state index is 0.0101. The first-order chi connectivity index (χ1) is 11.1. The standard InChI is InChI=1S/C17H16ClN3O2/c1-2-7-19-16(22)11-20-10-13-4-3-8-21(13)15-6-5-12(18)9-14(15)17(20)23/h2-6,8-9H,1,7,10-11H2,(H,19,22). The zero-order valence-corrected chi connectivity index (χ0v) is 13.2. The molecule has 1 aromatic heterocycles. The molecular weight excluding hydrogens is 314 g/mol. The number of hydrogen-bond acceptors (Lipinski definition) is 2.